The lowest BCUT2D eigenvalue weighted by molar-refractivity contribution is -0.0772. The minimum absolute atomic E-state index is 0. The van der Waals surface area contributed by atoms with Gasteiger partial charge in [0.05, 0.1) is 18.2 Å². The topological polar surface area (TPSA) is 36.9 Å². The quantitative estimate of drug-likeness (QED) is 0.421. The van der Waals surface area contributed by atoms with Crippen molar-refractivity contribution in [3.8, 4) is 0 Å². The van der Waals surface area contributed by atoms with Gasteiger partial charge in [0.1, 0.15) is 0 Å². The highest BCUT2D eigenvalue weighted by molar-refractivity contribution is 14.0. The van der Waals surface area contributed by atoms with Crippen LogP contribution in [0.1, 0.15) is 40.5 Å². The van der Waals surface area contributed by atoms with Crippen LogP contribution >= 0.6 is 35.6 Å². The molecule has 1 heterocycles. The third kappa shape index (κ3) is 8.88. The van der Waals surface area contributed by atoms with Gasteiger partial charge in [-0.25, -0.2) is 4.99 Å². The minimum Gasteiger partial charge on any atom is -0.372 e. The first-order valence-electron chi connectivity index (χ1n) is 7.36. The molecule has 0 radical (unpaired) electrons. The monoisotopic (exact) mass is 429 g/mol. The van der Waals surface area contributed by atoms with Crippen LogP contribution in [0.4, 0.5) is 0 Å². The fourth-order valence-corrected chi connectivity index (χ4v) is 2.33. The van der Waals surface area contributed by atoms with Gasteiger partial charge in [-0.3, -0.25) is 0 Å². The molecule has 1 aliphatic rings. The molecule has 0 amide bonds. The molecule has 0 aromatic rings. The van der Waals surface area contributed by atoms with Gasteiger partial charge in [0.25, 0.3) is 0 Å². The number of halogens is 2. The standard InChI is InChI=1S/C15H28ClN3O.HI/c1-6-17-14(18-11-12(2)16)19-9-7-13(8-10-19)20-15(3,4)5;/h13H,2,6-11H2,1,3-5H3,(H,17,18);1H. The summed E-state index contributed by atoms with van der Waals surface area (Å²) < 4.78 is 6.04. The maximum atomic E-state index is 6.04. The molecule has 0 spiro atoms. The molecule has 1 aliphatic heterocycles. The smallest absolute Gasteiger partial charge is 0.194 e. The third-order valence-corrected chi connectivity index (χ3v) is 3.12. The van der Waals surface area contributed by atoms with E-state index in [1.165, 1.54) is 0 Å². The van der Waals surface area contributed by atoms with Gasteiger partial charge in [-0.05, 0) is 40.5 Å². The van der Waals surface area contributed by atoms with E-state index in [9.17, 15) is 0 Å². The largest absolute Gasteiger partial charge is 0.372 e. The van der Waals surface area contributed by atoms with E-state index in [0.29, 0.717) is 17.7 Å². The molecule has 1 rings (SSSR count). The fourth-order valence-electron chi connectivity index (χ4n) is 2.27. The lowest BCUT2D eigenvalue weighted by atomic mass is 10.1. The number of nitrogens with zero attached hydrogens (tertiary/aromatic N) is 2. The second-order valence-corrected chi connectivity index (χ2v) is 6.64. The average molecular weight is 430 g/mol. The van der Waals surface area contributed by atoms with Gasteiger partial charge in [0.2, 0.25) is 0 Å². The molecule has 0 bridgehead atoms. The molecule has 0 saturated carbocycles. The molecule has 4 nitrogen and oxygen atoms in total. The summed E-state index contributed by atoms with van der Waals surface area (Å²) in [6.07, 6.45) is 2.41. The average Bonchev–Trinajstić information content (AvgIpc) is 2.33. The van der Waals surface area contributed by atoms with Gasteiger partial charge in [0.15, 0.2) is 5.96 Å². The first kappa shape index (κ1) is 21.0. The van der Waals surface area contributed by atoms with Crippen molar-refractivity contribution in [2.45, 2.75) is 52.2 Å². The Bertz CT molecular complexity index is 347. The Morgan fingerprint density at radius 2 is 1.95 bits per heavy atom. The van der Waals surface area contributed by atoms with E-state index in [2.05, 4.69) is 49.5 Å². The Balaban J connectivity index is 0.00000400. The number of ether oxygens (including phenoxy) is 1. The summed E-state index contributed by atoms with van der Waals surface area (Å²) in [5.74, 6) is 0.920. The van der Waals surface area contributed by atoms with Crippen LogP contribution in [-0.4, -0.2) is 48.7 Å². The van der Waals surface area contributed by atoms with Gasteiger partial charge < -0.3 is 15.0 Å². The zero-order valence-corrected chi connectivity index (χ0v) is 16.7. The van der Waals surface area contributed by atoms with Crippen molar-refractivity contribution >= 4 is 41.5 Å². The van der Waals surface area contributed by atoms with E-state index in [1.807, 2.05) is 0 Å². The summed E-state index contributed by atoms with van der Waals surface area (Å²) in [5, 5.41) is 3.87. The zero-order chi connectivity index (χ0) is 15.2. The van der Waals surface area contributed by atoms with Crippen molar-refractivity contribution in [3.05, 3.63) is 11.6 Å². The van der Waals surface area contributed by atoms with Crippen molar-refractivity contribution in [2.24, 2.45) is 4.99 Å². The summed E-state index contributed by atoms with van der Waals surface area (Å²) >= 11 is 5.79. The molecule has 0 atom stereocenters. The predicted molar refractivity (Wildman–Crippen MR) is 102 cm³/mol. The van der Waals surface area contributed by atoms with Crippen molar-refractivity contribution in [3.63, 3.8) is 0 Å². The number of rotatable bonds is 4. The van der Waals surface area contributed by atoms with Crippen LogP contribution in [0.2, 0.25) is 0 Å². The van der Waals surface area contributed by atoms with Crippen LogP contribution in [0, 0.1) is 0 Å². The van der Waals surface area contributed by atoms with E-state index in [0.717, 1.165) is 38.4 Å². The van der Waals surface area contributed by atoms with Gasteiger partial charge in [0, 0.05) is 24.7 Å². The molecule has 124 valence electrons. The number of piperidine rings is 1. The Kier molecular flexibility index (Phi) is 9.89. The van der Waals surface area contributed by atoms with Crippen molar-refractivity contribution < 1.29 is 4.74 Å². The van der Waals surface area contributed by atoms with E-state index in [-0.39, 0.29) is 29.6 Å². The number of hydrogen-bond acceptors (Lipinski definition) is 2. The molecular weight excluding hydrogens is 401 g/mol. The van der Waals surface area contributed by atoms with Crippen LogP contribution in [-0.2, 0) is 4.74 Å². The highest BCUT2D eigenvalue weighted by Gasteiger charge is 2.25. The van der Waals surface area contributed by atoms with Crippen LogP contribution in [0.15, 0.2) is 16.6 Å². The van der Waals surface area contributed by atoms with Crippen LogP contribution in [0.5, 0.6) is 0 Å². The highest BCUT2D eigenvalue weighted by Crippen LogP contribution is 2.20. The second kappa shape index (κ2) is 9.90. The molecule has 0 aromatic heterocycles. The molecule has 0 unspecified atom stereocenters. The van der Waals surface area contributed by atoms with Gasteiger partial charge in [-0.15, -0.1) is 24.0 Å². The molecule has 0 aromatic carbocycles. The van der Waals surface area contributed by atoms with Crippen LogP contribution in [0.25, 0.3) is 0 Å². The van der Waals surface area contributed by atoms with Crippen LogP contribution < -0.4 is 5.32 Å². The Morgan fingerprint density at radius 1 is 1.38 bits per heavy atom. The molecule has 6 heteroatoms. The van der Waals surface area contributed by atoms with Gasteiger partial charge >= 0.3 is 0 Å². The van der Waals surface area contributed by atoms with Gasteiger partial charge in [-0.1, -0.05) is 18.2 Å². The summed E-state index contributed by atoms with van der Waals surface area (Å²) in [4.78, 5) is 6.77. The summed E-state index contributed by atoms with van der Waals surface area (Å²) in [5.41, 5.74) is -0.0677. The summed E-state index contributed by atoms with van der Waals surface area (Å²) in [6.45, 7) is 15.3. The van der Waals surface area contributed by atoms with Crippen molar-refractivity contribution in [1.29, 1.82) is 0 Å². The van der Waals surface area contributed by atoms with E-state index < -0.39 is 0 Å². The Morgan fingerprint density at radius 3 is 2.38 bits per heavy atom. The number of guanidine groups is 1. The number of nitrogens with one attached hydrogen (secondary N) is 1. The highest BCUT2D eigenvalue weighted by atomic mass is 127. The molecule has 1 saturated heterocycles. The van der Waals surface area contributed by atoms with E-state index in [1.54, 1.807) is 0 Å². The maximum absolute atomic E-state index is 6.04. The Labute approximate surface area is 151 Å². The fraction of sp³-hybridized carbons (Fsp3) is 0.800. The molecular formula is C15H29ClIN3O. The molecule has 1 N–H and O–H groups in total. The molecule has 21 heavy (non-hydrogen) atoms. The van der Waals surface area contributed by atoms with E-state index in [4.69, 9.17) is 16.3 Å². The first-order chi connectivity index (χ1) is 9.31. The normalized spacial score (nSPS) is 17.4. The lowest BCUT2D eigenvalue weighted by Gasteiger charge is -2.37. The van der Waals surface area contributed by atoms with Crippen molar-refractivity contribution in [1.82, 2.24) is 10.2 Å². The zero-order valence-electron chi connectivity index (χ0n) is 13.6. The van der Waals surface area contributed by atoms with Gasteiger partial charge in [-0.2, -0.15) is 0 Å². The van der Waals surface area contributed by atoms with Crippen molar-refractivity contribution in [2.75, 3.05) is 26.2 Å². The van der Waals surface area contributed by atoms with Crippen LogP contribution in [0.3, 0.4) is 0 Å². The maximum Gasteiger partial charge on any atom is 0.194 e. The third-order valence-electron chi connectivity index (χ3n) is 3.00. The summed E-state index contributed by atoms with van der Waals surface area (Å²) in [6, 6.07) is 0. The minimum atomic E-state index is -0.0677. The number of hydrogen-bond donors (Lipinski definition) is 1. The Hall–Kier alpha value is -0.0100. The first-order valence-corrected chi connectivity index (χ1v) is 7.74. The second-order valence-electron chi connectivity index (χ2n) is 6.10. The lowest BCUT2D eigenvalue weighted by Crippen LogP contribution is -2.48. The SMILES string of the molecule is C=C(Cl)CN=C(NCC)N1CCC(OC(C)(C)C)CC1.I. The number of aliphatic imine (C=N–C) groups is 1. The number of likely N-dealkylation sites (tertiary alicyclic amines) is 1. The molecule has 1 fully saturated rings. The predicted octanol–water partition coefficient (Wildman–Crippen LogP) is 3.60. The summed E-state index contributed by atoms with van der Waals surface area (Å²) in [7, 11) is 0. The van der Waals surface area contributed by atoms with E-state index >= 15 is 0 Å². The molecule has 0 aliphatic carbocycles.